The van der Waals surface area contributed by atoms with Crippen LogP contribution in [0, 0.1) is 11.8 Å². The maximum absolute atomic E-state index is 9.25. The van der Waals surface area contributed by atoms with Gasteiger partial charge in [-0.25, -0.2) is 0 Å². The molecule has 3 heteroatoms. The van der Waals surface area contributed by atoms with E-state index in [1.807, 2.05) is 6.07 Å². The summed E-state index contributed by atoms with van der Waals surface area (Å²) in [7, 11) is 0. The van der Waals surface area contributed by atoms with Crippen LogP contribution in [0.15, 0.2) is 18.2 Å². The number of nitrogens with one attached hydrogen (secondary N) is 1. The third kappa shape index (κ3) is 2.86. The van der Waals surface area contributed by atoms with Gasteiger partial charge < -0.3 is 10.4 Å². The van der Waals surface area contributed by atoms with Crippen molar-refractivity contribution >= 4 is 11.6 Å². The molecule has 2 rings (SSSR count). The van der Waals surface area contributed by atoms with Gasteiger partial charge in [0.25, 0.3) is 0 Å². The van der Waals surface area contributed by atoms with E-state index in [-0.39, 0.29) is 5.75 Å². The molecule has 2 unspecified atom stereocenters. The van der Waals surface area contributed by atoms with Crippen molar-refractivity contribution < 1.29 is 5.11 Å². The summed E-state index contributed by atoms with van der Waals surface area (Å²) in [5.41, 5.74) is 1.12. The van der Waals surface area contributed by atoms with Gasteiger partial charge in [-0.15, -0.1) is 0 Å². The minimum Gasteiger partial charge on any atom is -0.506 e. The normalized spacial score (nSPS) is 24.1. The van der Waals surface area contributed by atoms with Gasteiger partial charge in [-0.3, -0.25) is 0 Å². The van der Waals surface area contributed by atoms with E-state index in [0.29, 0.717) is 5.02 Å². The van der Waals surface area contributed by atoms with Crippen LogP contribution < -0.4 is 5.32 Å². The fourth-order valence-corrected chi connectivity index (χ4v) is 1.95. The largest absolute Gasteiger partial charge is 0.506 e. The Morgan fingerprint density at radius 2 is 2.27 bits per heavy atom. The molecule has 2 N–H and O–H groups in total. The number of aromatic hydroxyl groups is 1. The summed E-state index contributed by atoms with van der Waals surface area (Å²) in [6.45, 7) is 4.19. The summed E-state index contributed by atoms with van der Waals surface area (Å²) in [6.07, 6.45) is 1.35. The number of phenols is 1. The van der Waals surface area contributed by atoms with E-state index in [1.54, 1.807) is 12.1 Å². The summed E-state index contributed by atoms with van der Waals surface area (Å²) in [4.78, 5) is 0. The second-order valence-corrected chi connectivity index (χ2v) is 4.80. The quantitative estimate of drug-likeness (QED) is 0.826. The van der Waals surface area contributed by atoms with Crippen LogP contribution in [0.2, 0.25) is 5.02 Å². The Kier molecular flexibility index (Phi) is 3.17. The number of hydrogen-bond donors (Lipinski definition) is 2. The first-order valence-electron chi connectivity index (χ1n) is 5.35. The highest BCUT2D eigenvalue weighted by atomic mass is 35.5. The van der Waals surface area contributed by atoms with Crippen LogP contribution in [-0.4, -0.2) is 11.7 Å². The molecule has 0 bridgehead atoms. The maximum Gasteiger partial charge on any atom is 0.134 e. The van der Waals surface area contributed by atoms with Crippen molar-refractivity contribution in [2.75, 3.05) is 6.54 Å². The van der Waals surface area contributed by atoms with Gasteiger partial charge in [0, 0.05) is 6.54 Å². The second-order valence-electron chi connectivity index (χ2n) is 4.39. The van der Waals surface area contributed by atoms with Gasteiger partial charge in [-0.05, 0) is 42.5 Å². The van der Waals surface area contributed by atoms with Crippen LogP contribution in [0.25, 0.3) is 0 Å². The number of rotatable bonds is 4. The first-order valence-corrected chi connectivity index (χ1v) is 5.72. The smallest absolute Gasteiger partial charge is 0.134 e. The standard InChI is InChI=1S/C12H16ClNO/c1-8-4-10(8)7-14-6-9-2-3-12(15)11(13)5-9/h2-3,5,8,10,14-15H,4,6-7H2,1H3. The zero-order valence-corrected chi connectivity index (χ0v) is 9.59. The molecule has 1 fully saturated rings. The molecule has 0 spiro atoms. The predicted octanol–water partition coefficient (Wildman–Crippen LogP) is 2.79. The average Bonchev–Trinajstić information content (AvgIpc) is 2.88. The van der Waals surface area contributed by atoms with Crippen molar-refractivity contribution in [2.24, 2.45) is 11.8 Å². The van der Waals surface area contributed by atoms with Crippen LogP contribution >= 0.6 is 11.6 Å². The Morgan fingerprint density at radius 1 is 1.53 bits per heavy atom. The molecule has 0 heterocycles. The summed E-state index contributed by atoms with van der Waals surface area (Å²) in [6, 6.07) is 5.34. The minimum atomic E-state index is 0.149. The fourth-order valence-electron chi connectivity index (χ4n) is 1.75. The molecule has 2 atom stereocenters. The molecule has 0 radical (unpaired) electrons. The van der Waals surface area contributed by atoms with Crippen molar-refractivity contribution in [2.45, 2.75) is 19.9 Å². The van der Waals surface area contributed by atoms with Crippen LogP contribution in [0.4, 0.5) is 0 Å². The first-order chi connectivity index (χ1) is 7.16. The molecule has 0 aromatic heterocycles. The van der Waals surface area contributed by atoms with E-state index >= 15 is 0 Å². The molecule has 1 saturated carbocycles. The Bertz CT molecular complexity index is 353. The Morgan fingerprint density at radius 3 is 2.87 bits per heavy atom. The predicted molar refractivity (Wildman–Crippen MR) is 62.1 cm³/mol. The summed E-state index contributed by atoms with van der Waals surface area (Å²) < 4.78 is 0. The van der Waals surface area contributed by atoms with E-state index in [9.17, 15) is 5.11 Å². The SMILES string of the molecule is CC1CC1CNCc1ccc(O)c(Cl)c1. The van der Waals surface area contributed by atoms with Gasteiger partial charge in [-0.1, -0.05) is 24.6 Å². The summed E-state index contributed by atoms with van der Waals surface area (Å²) in [5, 5.41) is 13.1. The van der Waals surface area contributed by atoms with Crippen LogP contribution in [0.1, 0.15) is 18.9 Å². The maximum atomic E-state index is 9.25. The van der Waals surface area contributed by atoms with Crippen LogP contribution in [0.3, 0.4) is 0 Å². The van der Waals surface area contributed by atoms with Crippen molar-refractivity contribution in [3.8, 4) is 5.75 Å². The Hall–Kier alpha value is -0.730. The molecule has 0 amide bonds. The molecule has 0 aliphatic heterocycles. The monoisotopic (exact) mass is 225 g/mol. The zero-order chi connectivity index (χ0) is 10.8. The molecule has 82 valence electrons. The molecule has 2 nitrogen and oxygen atoms in total. The number of phenolic OH excluding ortho intramolecular Hbond substituents is 1. The van der Waals surface area contributed by atoms with Gasteiger partial charge in [-0.2, -0.15) is 0 Å². The lowest BCUT2D eigenvalue weighted by molar-refractivity contribution is 0.475. The van der Waals surface area contributed by atoms with Crippen molar-refractivity contribution in [3.63, 3.8) is 0 Å². The lowest BCUT2D eigenvalue weighted by Gasteiger charge is -2.05. The molecular formula is C12H16ClNO. The van der Waals surface area contributed by atoms with Crippen molar-refractivity contribution in [3.05, 3.63) is 28.8 Å². The molecule has 1 aromatic carbocycles. The van der Waals surface area contributed by atoms with Gasteiger partial charge in [0.05, 0.1) is 5.02 Å². The van der Waals surface area contributed by atoms with E-state index in [4.69, 9.17) is 11.6 Å². The topological polar surface area (TPSA) is 32.3 Å². The third-order valence-corrected chi connectivity index (χ3v) is 3.33. The van der Waals surface area contributed by atoms with E-state index in [1.165, 1.54) is 6.42 Å². The van der Waals surface area contributed by atoms with Gasteiger partial charge in [0.2, 0.25) is 0 Å². The number of hydrogen-bond acceptors (Lipinski definition) is 2. The Labute approximate surface area is 95.3 Å². The van der Waals surface area contributed by atoms with Crippen LogP contribution in [-0.2, 0) is 6.54 Å². The highest BCUT2D eigenvalue weighted by Crippen LogP contribution is 2.36. The van der Waals surface area contributed by atoms with Crippen molar-refractivity contribution in [1.82, 2.24) is 5.32 Å². The number of benzene rings is 1. The Balaban J connectivity index is 1.80. The second kappa shape index (κ2) is 4.42. The lowest BCUT2D eigenvalue weighted by Crippen LogP contribution is -2.16. The highest BCUT2D eigenvalue weighted by molar-refractivity contribution is 6.32. The highest BCUT2D eigenvalue weighted by Gasteiger charge is 2.31. The van der Waals surface area contributed by atoms with Crippen LogP contribution in [0.5, 0.6) is 5.75 Å². The fraction of sp³-hybridized carbons (Fsp3) is 0.500. The molecule has 1 aliphatic carbocycles. The summed E-state index contributed by atoms with van der Waals surface area (Å²) in [5.74, 6) is 1.90. The molecule has 15 heavy (non-hydrogen) atoms. The van der Waals surface area contributed by atoms with Gasteiger partial charge >= 0.3 is 0 Å². The van der Waals surface area contributed by atoms with E-state index in [2.05, 4.69) is 12.2 Å². The molecule has 1 aromatic rings. The zero-order valence-electron chi connectivity index (χ0n) is 8.83. The first kappa shape index (κ1) is 10.8. The van der Waals surface area contributed by atoms with E-state index < -0.39 is 0 Å². The molecular weight excluding hydrogens is 210 g/mol. The molecule has 1 aliphatic rings. The average molecular weight is 226 g/mol. The summed E-state index contributed by atoms with van der Waals surface area (Å²) >= 11 is 5.81. The van der Waals surface area contributed by atoms with Gasteiger partial charge in [0.1, 0.15) is 5.75 Å². The molecule has 0 saturated heterocycles. The van der Waals surface area contributed by atoms with E-state index in [0.717, 1.165) is 30.5 Å². The lowest BCUT2D eigenvalue weighted by atomic mass is 10.2. The minimum absolute atomic E-state index is 0.149. The number of halogens is 1. The van der Waals surface area contributed by atoms with Crippen molar-refractivity contribution in [1.29, 1.82) is 0 Å². The van der Waals surface area contributed by atoms with Gasteiger partial charge in [0.15, 0.2) is 0 Å². The third-order valence-electron chi connectivity index (χ3n) is 3.02.